The summed E-state index contributed by atoms with van der Waals surface area (Å²) in [5.41, 5.74) is 4.31. The first kappa shape index (κ1) is 20.4. The van der Waals surface area contributed by atoms with Gasteiger partial charge in [0, 0.05) is 5.56 Å². The van der Waals surface area contributed by atoms with E-state index in [0.717, 1.165) is 46.7 Å². The Morgan fingerprint density at radius 1 is 0.903 bits per heavy atom. The van der Waals surface area contributed by atoms with Crippen molar-refractivity contribution in [2.24, 2.45) is 0 Å². The van der Waals surface area contributed by atoms with Crippen molar-refractivity contribution in [3.8, 4) is 22.5 Å². The highest BCUT2D eigenvalue weighted by atomic mass is 15.5. The normalized spacial score (nSPS) is 11.7. The number of aromatic amines is 1. The molecule has 0 saturated carbocycles. The molecule has 0 bridgehead atoms. The van der Waals surface area contributed by atoms with Crippen LogP contribution in [0.2, 0.25) is 0 Å². The molecule has 0 spiro atoms. The second-order valence-electron chi connectivity index (χ2n) is 7.10. The number of nitrogens with one attached hydrogen (secondary N) is 1. The fourth-order valence-corrected chi connectivity index (χ4v) is 3.31. The second-order valence-corrected chi connectivity index (χ2v) is 7.10. The van der Waals surface area contributed by atoms with Crippen molar-refractivity contribution in [2.45, 2.75) is 33.2 Å². The van der Waals surface area contributed by atoms with E-state index in [1.807, 2.05) is 35.0 Å². The van der Waals surface area contributed by atoms with Crippen molar-refractivity contribution in [1.29, 1.82) is 0 Å². The molecule has 4 aromatic rings. The molecule has 0 radical (unpaired) electrons. The fraction of sp³-hybridized carbons (Fsp3) is 0.208. The SMILES string of the molecule is CCC=Cc1nc(C=CCC)n(Cc2ccc(-c3ccccc3-c3nnn[nH]3)cc2)n1. The monoisotopic (exact) mass is 411 g/mol. The average Bonchev–Trinajstić information content (AvgIpc) is 3.47. The minimum Gasteiger partial charge on any atom is -0.241 e. The maximum atomic E-state index is 4.67. The van der Waals surface area contributed by atoms with Gasteiger partial charge in [0.15, 0.2) is 17.5 Å². The quantitative estimate of drug-likeness (QED) is 0.440. The average molecular weight is 412 g/mol. The number of H-pyrrole nitrogens is 1. The third-order valence-corrected chi connectivity index (χ3v) is 4.85. The van der Waals surface area contributed by atoms with Gasteiger partial charge in [-0.2, -0.15) is 5.10 Å². The standard InChI is InChI=1S/C24H25N7/c1-3-5-11-22-25-23(12-6-4-2)31(28-22)17-18-13-15-19(16-14-18)20-9-7-8-10-21(20)24-26-29-30-27-24/h5-16H,3-4,17H2,1-2H3,(H,26,27,29,30). The molecular weight excluding hydrogens is 386 g/mol. The number of benzene rings is 2. The number of allylic oxidation sites excluding steroid dienone is 2. The van der Waals surface area contributed by atoms with Crippen LogP contribution in [0.3, 0.4) is 0 Å². The molecule has 0 fully saturated rings. The van der Waals surface area contributed by atoms with Crippen LogP contribution in [0.25, 0.3) is 34.7 Å². The molecule has 2 aromatic heterocycles. The number of hydrogen-bond acceptors (Lipinski definition) is 5. The molecule has 0 aliphatic rings. The smallest absolute Gasteiger partial charge is 0.180 e. The summed E-state index contributed by atoms with van der Waals surface area (Å²) in [6.45, 7) is 4.87. The lowest BCUT2D eigenvalue weighted by molar-refractivity contribution is 0.676. The summed E-state index contributed by atoms with van der Waals surface area (Å²) >= 11 is 0. The van der Waals surface area contributed by atoms with Gasteiger partial charge in [0.05, 0.1) is 6.54 Å². The predicted octanol–water partition coefficient (Wildman–Crippen LogP) is 5.02. The van der Waals surface area contributed by atoms with Crippen molar-refractivity contribution >= 4 is 12.2 Å². The van der Waals surface area contributed by atoms with Crippen LogP contribution in [0.5, 0.6) is 0 Å². The Morgan fingerprint density at radius 3 is 2.35 bits per heavy atom. The first-order valence-electron chi connectivity index (χ1n) is 10.5. The van der Waals surface area contributed by atoms with Gasteiger partial charge in [-0.3, -0.25) is 0 Å². The van der Waals surface area contributed by atoms with E-state index < -0.39 is 0 Å². The Balaban J connectivity index is 1.60. The largest absolute Gasteiger partial charge is 0.241 e. The Hall–Kier alpha value is -3.87. The van der Waals surface area contributed by atoms with Crippen LogP contribution in [0.4, 0.5) is 0 Å². The van der Waals surface area contributed by atoms with Gasteiger partial charge < -0.3 is 0 Å². The van der Waals surface area contributed by atoms with E-state index in [9.17, 15) is 0 Å². The van der Waals surface area contributed by atoms with E-state index in [-0.39, 0.29) is 0 Å². The highest BCUT2D eigenvalue weighted by Crippen LogP contribution is 2.29. The number of nitrogens with zero attached hydrogens (tertiary/aromatic N) is 6. The minimum atomic E-state index is 0.655. The number of rotatable bonds is 8. The van der Waals surface area contributed by atoms with E-state index >= 15 is 0 Å². The van der Waals surface area contributed by atoms with Crippen molar-refractivity contribution < 1.29 is 0 Å². The van der Waals surface area contributed by atoms with Crippen molar-refractivity contribution in [1.82, 2.24) is 35.4 Å². The predicted molar refractivity (Wildman–Crippen MR) is 123 cm³/mol. The molecule has 156 valence electrons. The van der Waals surface area contributed by atoms with Crippen LogP contribution in [-0.4, -0.2) is 35.4 Å². The lowest BCUT2D eigenvalue weighted by atomic mass is 9.98. The number of hydrogen-bond donors (Lipinski definition) is 1. The maximum Gasteiger partial charge on any atom is 0.180 e. The highest BCUT2D eigenvalue weighted by molar-refractivity contribution is 5.80. The molecule has 7 nitrogen and oxygen atoms in total. The number of tetrazole rings is 1. The number of aromatic nitrogens is 7. The molecule has 1 N–H and O–H groups in total. The van der Waals surface area contributed by atoms with Gasteiger partial charge in [-0.15, -0.1) is 5.10 Å². The molecule has 2 aromatic carbocycles. The third kappa shape index (κ3) is 4.83. The maximum absolute atomic E-state index is 4.67. The minimum absolute atomic E-state index is 0.655. The first-order chi connectivity index (χ1) is 15.3. The van der Waals surface area contributed by atoms with Gasteiger partial charge in [-0.05, 0) is 52.1 Å². The van der Waals surface area contributed by atoms with E-state index in [1.165, 1.54) is 0 Å². The van der Waals surface area contributed by atoms with Crippen LogP contribution in [0.15, 0.2) is 60.7 Å². The van der Waals surface area contributed by atoms with Crippen molar-refractivity contribution in [3.05, 3.63) is 77.9 Å². The van der Waals surface area contributed by atoms with Crippen LogP contribution in [-0.2, 0) is 6.54 Å². The molecule has 4 rings (SSSR count). The van der Waals surface area contributed by atoms with Crippen LogP contribution in [0.1, 0.15) is 43.9 Å². The summed E-state index contributed by atoms with van der Waals surface area (Å²) in [5.74, 6) is 2.26. The molecule has 2 heterocycles. The van der Waals surface area contributed by atoms with Crippen LogP contribution >= 0.6 is 0 Å². The van der Waals surface area contributed by atoms with Crippen LogP contribution in [0, 0.1) is 0 Å². The Morgan fingerprint density at radius 2 is 1.65 bits per heavy atom. The van der Waals surface area contributed by atoms with Gasteiger partial charge in [0.2, 0.25) is 0 Å². The summed E-state index contributed by atoms with van der Waals surface area (Å²) in [4.78, 5) is 4.64. The molecule has 0 unspecified atom stereocenters. The van der Waals surface area contributed by atoms with Gasteiger partial charge in [-0.1, -0.05) is 74.5 Å². The van der Waals surface area contributed by atoms with E-state index in [4.69, 9.17) is 0 Å². The summed E-state index contributed by atoms with van der Waals surface area (Å²) < 4.78 is 1.95. The summed E-state index contributed by atoms with van der Waals surface area (Å²) in [6.07, 6.45) is 10.1. The molecule has 0 atom stereocenters. The molecule has 0 aliphatic carbocycles. The Bertz CT molecular complexity index is 1170. The molecule has 7 heteroatoms. The molecule has 0 aliphatic heterocycles. The fourth-order valence-electron chi connectivity index (χ4n) is 3.31. The van der Waals surface area contributed by atoms with Gasteiger partial charge in [-0.25, -0.2) is 14.8 Å². The molecule has 0 saturated heterocycles. The van der Waals surface area contributed by atoms with E-state index in [2.05, 4.69) is 87.0 Å². The second kappa shape index (κ2) is 9.75. The zero-order valence-corrected chi connectivity index (χ0v) is 17.7. The molecule has 31 heavy (non-hydrogen) atoms. The highest BCUT2D eigenvalue weighted by Gasteiger charge is 2.11. The topological polar surface area (TPSA) is 85.2 Å². The van der Waals surface area contributed by atoms with Gasteiger partial charge in [0.1, 0.15) is 0 Å². The van der Waals surface area contributed by atoms with Gasteiger partial charge in [0.25, 0.3) is 0 Å². The summed E-state index contributed by atoms with van der Waals surface area (Å²) in [5, 5.41) is 19.0. The molecule has 0 amide bonds. The summed E-state index contributed by atoms with van der Waals surface area (Å²) in [6, 6.07) is 16.6. The first-order valence-corrected chi connectivity index (χ1v) is 10.5. The van der Waals surface area contributed by atoms with Gasteiger partial charge >= 0.3 is 0 Å². The van der Waals surface area contributed by atoms with Crippen LogP contribution < -0.4 is 0 Å². The lowest BCUT2D eigenvalue weighted by Gasteiger charge is -2.09. The molecular formula is C24H25N7. The van der Waals surface area contributed by atoms with E-state index in [1.54, 1.807) is 0 Å². The summed E-state index contributed by atoms with van der Waals surface area (Å²) in [7, 11) is 0. The van der Waals surface area contributed by atoms with Crippen molar-refractivity contribution in [3.63, 3.8) is 0 Å². The Labute approximate surface area is 181 Å². The van der Waals surface area contributed by atoms with E-state index in [0.29, 0.717) is 12.4 Å². The third-order valence-electron chi connectivity index (χ3n) is 4.85. The van der Waals surface area contributed by atoms with Crippen molar-refractivity contribution in [2.75, 3.05) is 0 Å². The zero-order valence-electron chi connectivity index (χ0n) is 17.7. The zero-order chi connectivity index (χ0) is 21.5. The Kier molecular flexibility index (Phi) is 6.42. The lowest BCUT2D eigenvalue weighted by Crippen LogP contribution is -2.04.